The summed E-state index contributed by atoms with van der Waals surface area (Å²) in [4.78, 5) is 11.9. The number of carbonyl (C=O) groups excluding carboxylic acids is 1. The van der Waals surface area contributed by atoms with Crippen molar-refractivity contribution in [2.24, 2.45) is 11.1 Å². The molecule has 1 saturated heterocycles. The molecule has 1 unspecified atom stereocenters. The Labute approximate surface area is 123 Å². The minimum absolute atomic E-state index is 0.175. The van der Waals surface area contributed by atoms with Crippen LogP contribution in [0.4, 0.5) is 0 Å². The van der Waals surface area contributed by atoms with Gasteiger partial charge >= 0.3 is 0 Å². The van der Waals surface area contributed by atoms with Crippen molar-refractivity contribution >= 4 is 15.9 Å². The quantitative estimate of drug-likeness (QED) is 0.692. The van der Waals surface area contributed by atoms with Crippen LogP contribution in [-0.4, -0.2) is 44.3 Å². The first-order valence-corrected chi connectivity index (χ1v) is 8.44. The number of hydrogen-bond acceptors (Lipinski definition) is 5. The van der Waals surface area contributed by atoms with Gasteiger partial charge in [-0.25, -0.2) is 13.6 Å². The highest BCUT2D eigenvalue weighted by molar-refractivity contribution is 7.89. The highest BCUT2D eigenvalue weighted by Crippen LogP contribution is 2.18. The first kappa shape index (κ1) is 15.9. The summed E-state index contributed by atoms with van der Waals surface area (Å²) < 4.78 is 28.6. The molecule has 2 heterocycles. The number of amides is 1. The number of rotatable bonds is 5. The lowest BCUT2D eigenvalue weighted by molar-refractivity contribution is 0.0535. The minimum Gasteiger partial charge on any atom is -0.381 e. The number of H-pyrrole nitrogens is 1. The standard InChI is InChI=1S/C12H20N4O4S/c1-2-9-11(21(13,18)19)10(16-15-9)12(17)14-6-8-4-3-5-20-7-8/h8H,2-7H2,1H3,(H,14,17)(H,15,16)(H2,13,18,19). The number of aryl methyl sites for hydroxylation is 1. The minimum atomic E-state index is -4.00. The molecule has 8 nitrogen and oxygen atoms in total. The molecular weight excluding hydrogens is 296 g/mol. The fourth-order valence-corrected chi connectivity index (χ4v) is 3.30. The third-order valence-electron chi connectivity index (χ3n) is 3.45. The number of sulfonamides is 1. The van der Waals surface area contributed by atoms with Gasteiger partial charge in [-0.1, -0.05) is 6.92 Å². The van der Waals surface area contributed by atoms with Gasteiger partial charge in [0.05, 0.1) is 12.3 Å². The Morgan fingerprint density at radius 3 is 2.90 bits per heavy atom. The number of aromatic amines is 1. The first-order valence-electron chi connectivity index (χ1n) is 6.89. The van der Waals surface area contributed by atoms with Crippen LogP contribution >= 0.6 is 0 Å². The lowest BCUT2D eigenvalue weighted by Crippen LogP contribution is -2.34. The topological polar surface area (TPSA) is 127 Å². The molecule has 1 aliphatic heterocycles. The van der Waals surface area contributed by atoms with Crippen LogP contribution in [0, 0.1) is 5.92 Å². The summed E-state index contributed by atoms with van der Waals surface area (Å²) in [5, 5.41) is 14.2. The van der Waals surface area contributed by atoms with Crippen molar-refractivity contribution in [2.75, 3.05) is 19.8 Å². The van der Waals surface area contributed by atoms with E-state index < -0.39 is 15.9 Å². The number of aromatic nitrogens is 2. The van der Waals surface area contributed by atoms with Crippen molar-refractivity contribution in [3.05, 3.63) is 11.4 Å². The predicted octanol–water partition coefficient (Wildman–Crippen LogP) is -0.224. The van der Waals surface area contributed by atoms with Crippen molar-refractivity contribution < 1.29 is 17.9 Å². The smallest absolute Gasteiger partial charge is 0.273 e. The number of nitrogens with two attached hydrogens (primary N) is 1. The molecule has 0 saturated carbocycles. The van der Waals surface area contributed by atoms with Crippen LogP contribution in [0.3, 0.4) is 0 Å². The van der Waals surface area contributed by atoms with E-state index in [2.05, 4.69) is 15.5 Å². The summed E-state index contributed by atoms with van der Waals surface area (Å²) in [7, 11) is -4.00. The van der Waals surface area contributed by atoms with Gasteiger partial charge < -0.3 is 10.1 Å². The highest BCUT2D eigenvalue weighted by Gasteiger charge is 2.27. The molecule has 1 fully saturated rings. The second-order valence-corrected chi connectivity index (χ2v) is 6.57. The average Bonchev–Trinajstić information content (AvgIpc) is 2.90. The maximum atomic E-state index is 12.1. The molecule has 1 aromatic heterocycles. The van der Waals surface area contributed by atoms with Gasteiger partial charge in [0, 0.05) is 13.2 Å². The average molecular weight is 316 g/mol. The molecule has 0 spiro atoms. The van der Waals surface area contributed by atoms with Gasteiger partial charge in [0.2, 0.25) is 10.0 Å². The number of carbonyl (C=O) groups is 1. The molecule has 118 valence electrons. The van der Waals surface area contributed by atoms with E-state index in [1.165, 1.54) is 0 Å². The van der Waals surface area contributed by atoms with Gasteiger partial charge in [-0.2, -0.15) is 5.10 Å². The summed E-state index contributed by atoms with van der Waals surface area (Å²) in [6, 6.07) is 0. The van der Waals surface area contributed by atoms with Gasteiger partial charge in [-0.05, 0) is 25.2 Å². The molecule has 9 heteroatoms. The number of ether oxygens (including phenoxy) is 1. The van der Waals surface area contributed by atoms with E-state index in [9.17, 15) is 13.2 Å². The number of nitrogens with zero attached hydrogens (tertiary/aromatic N) is 1. The zero-order valence-electron chi connectivity index (χ0n) is 11.9. The van der Waals surface area contributed by atoms with Gasteiger partial charge in [0.25, 0.3) is 5.91 Å². The summed E-state index contributed by atoms with van der Waals surface area (Å²) in [6.45, 7) is 3.53. The van der Waals surface area contributed by atoms with Crippen LogP contribution in [0.1, 0.15) is 35.9 Å². The van der Waals surface area contributed by atoms with Crippen molar-refractivity contribution in [1.82, 2.24) is 15.5 Å². The maximum absolute atomic E-state index is 12.1. The van der Waals surface area contributed by atoms with Crippen LogP contribution in [0.2, 0.25) is 0 Å². The van der Waals surface area contributed by atoms with Crippen molar-refractivity contribution in [1.29, 1.82) is 0 Å². The van der Waals surface area contributed by atoms with Crippen LogP contribution in [0.15, 0.2) is 4.90 Å². The van der Waals surface area contributed by atoms with Crippen LogP contribution in [0.25, 0.3) is 0 Å². The Kier molecular flexibility index (Phi) is 4.96. The second-order valence-electron chi connectivity index (χ2n) is 5.07. The molecule has 1 aromatic rings. The van der Waals surface area contributed by atoms with E-state index in [0.717, 1.165) is 19.4 Å². The Morgan fingerprint density at radius 2 is 2.33 bits per heavy atom. The van der Waals surface area contributed by atoms with Crippen LogP contribution in [0.5, 0.6) is 0 Å². The molecule has 0 radical (unpaired) electrons. The van der Waals surface area contributed by atoms with E-state index >= 15 is 0 Å². The Balaban J connectivity index is 2.10. The van der Waals surface area contributed by atoms with Crippen LogP contribution < -0.4 is 10.5 Å². The van der Waals surface area contributed by atoms with Gasteiger partial charge in [0.1, 0.15) is 4.90 Å². The summed E-state index contributed by atoms with van der Waals surface area (Å²) >= 11 is 0. The zero-order valence-corrected chi connectivity index (χ0v) is 12.7. The summed E-state index contributed by atoms with van der Waals surface area (Å²) in [6.07, 6.45) is 2.33. The zero-order chi connectivity index (χ0) is 15.5. The Morgan fingerprint density at radius 1 is 1.57 bits per heavy atom. The number of hydrogen-bond donors (Lipinski definition) is 3. The van der Waals surface area contributed by atoms with Crippen molar-refractivity contribution in [2.45, 2.75) is 31.1 Å². The van der Waals surface area contributed by atoms with E-state index in [1.54, 1.807) is 6.92 Å². The van der Waals surface area contributed by atoms with Crippen LogP contribution in [-0.2, 0) is 21.2 Å². The molecule has 0 aliphatic carbocycles. The van der Waals surface area contributed by atoms with Gasteiger partial charge in [0.15, 0.2) is 5.69 Å². The number of nitrogens with one attached hydrogen (secondary N) is 2. The SMILES string of the molecule is CCc1[nH]nc(C(=O)NCC2CCCOC2)c1S(N)(=O)=O. The Hall–Kier alpha value is -1.45. The van der Waals surface area contributed by atoms with E-state index in [1.807, 2.05) is 0 Å². The predicted molar refractivity (Wildman–Crippen MR) is 75.2 cm³/mol. The van der Waals surface area contributed by atoms with E-state index in [4.69, 9.17) is 9.88 Å². The lowest BCUT2D eigenvalue weighted by atomic mass is 10.0. The third-order valence-corrected chi connectivity index (χ3v) is 4.46. The van der Waals surface area contributed by atoms with Gasteiger partial charge in [-0.15, -0.1) is 0 Å². The molecule has 1 aliphatic rings. The lowest BCUT2D eigenvalue weighted by Gasteiger charge is -2.22. The largest absolute Gasteiger partial charge is 0.381 e. The molecule has 0 bridgehead atoms. The number of primary sulfonamides is 1. The molecule has 21 heavy (non-hydrogen) atoms. The molecule has 1 atom stereocenters. The monoisotopic (exact) mass is 316 g/mol. The van der Waals surface area contributed by atoms with Gasteiger partial charge in [-0.3, -0.25) is 9.89 Å². The van der Waals surface area contributed by atoms with E-state index in [-0.39, 0.29) is 16.5 Å². The Bertz CT molecular complexity index is 605. The first-order chi connectivity index (χ1) is 9.93. The molecule has 0 aromatic carbocycles. The normalized spacial score (nSPS) is 19.4. The second kappa shape index (κ2) is 6.54. The molecule has 2 rings (SSSR count). The molecule has 1 amide bonds. The fourth-order valence-electron chi connectivity index (χ4n) is 2.36. The van der Waals surface area contributed by atoms with Crippen molar-refractivity contribution in [3.8, 4) is 0 Å². The summed E-state index contributed by atoms with van der Waals surface area (Å²) in [5.41, 5.74) is 0.162. The molecule has 4 N–H and O–H groups in total. The third kappa shape index (κ3) is 3.80. The van der Waals surface area contributed by atoms with E-state index in [0.29, 0.717) is 25.3 Å². The maximum Gasteiger partial charge on any atom is 0.273 e. The molecular formula is C12H20N4O4S. The fraction of sp³-hybridized carbons (Fsp3) is 0.667. The van der Waals surface area contributed by atoms with Crippen molar-refractivity contribution in [3.63, 3.8) is 0 Å². The highest BCUT2D eigenvalue weighted by atomic mass is 32.2. The summed E-state index contributed by atoms with van der Waals surface area (Å²) in [5.74, 6) is -0.300.